The first-order valence-electron chi connectivity index (χ1n) is 4.93. The predicted molar refractivity (Wildman–Crippen MR) is 51.8 cm³/mol. The smallest absolute Gasteiger partial charge is 0.111 e. The van der Waals surface area contributed by atoms with Crippen LogP contribution in [0.5, 0.6) is 0 Å². The lowest BCUT2D eigenvalue weighted by Gasteiger charge is -2.33. The molecule has 0 aliphatic carbocycles. The van der Waals surface area contributed by atoms with Gasteiger partial charge in [0, 0.05) is 19.3 Å². The third-order valence-corrected chi connectivity index (χ3v) is 3.58. The molecule has 2 saturated heterocycles. The van der Waals surface area contributed by atoms with Crippen LogP contribution in [0.25, 0.3) is 0 Å². The van der Waals surface area contributed by atoms with Crippen molar-refractivity contribution in [3.05, 3.63) is 24.8 Å². The zero-order valence-corrected chi connectivity index (χ0v) is 9.72. The molecule has 0 saturated carbocycles. The van der Waals surface area contributed by atoms with Crippen molar-refractivity contribution in [1.29, 1.82) is 0 Å². The third kappa shape index (κ3) is 1.62. The minimum Gasteiger partial charge on any atom is -1.00 e. The van der Waals surface area contributed by atoms with Gasteiger partial charge in [0.25, 0.3) is 0 Å². The van der Waals surface area contributed by atoms with E-state index in [0.717, 1.165) is 12.6 Å². The second kappa shape index (κ2) is 3.97. The van der Waals surface area contributed by atoms with Crippen molar-refractivity contribution in [1.82, 2.24) is 0 Å². The van der Waals surface area contributed by atoms with Gasteiger partial charge < -0.3 is 21.5 Å². The summed E-state index contributed by atoms with van der Waals surface area (Å²) in [4.78, 5) is 0. The van der Waals surface area contributed by atoms with Crippen molar-refractivity contribution in [2.75, 3.05) is 19.6 Å². The fourth-order valence-corrected chi connectivity index (χ4v) is 2.99. The van der Waals surface area contributed by atoms with Crippen LogP contribution in [0.15, 0.2) is 24.8 Å². The molecule has 2 atom stereocenters. The summed E-state index contributed by atoms with van der Waals surface area (Å²) in [5.41, 5.74) is 1.49. The van der Waals surface area contributed by atoms with Gasteiger partial charge in [-0.3, -0.25) is 0 Å². The van der Waals surface area contributed by atoms with E-state index in [1.165, 1.54) is 42.4 Å². The fraction of sp³-hybridized carbons (Fsp3) is 0.636. The molecule has 0 aromatic rings. The second-order valence-corrected chi connectivity index (χ2v) is 4.20. The van der Waals surface area contributed by atoms with Gasteiger partial charge in [-0.05, 0) is 11.6 Å². The minimum atomic E-state index is 0. The molecule has 2 aliphatic rings. The van der Waals surface area contributed by atoms with Gasteiger partial charge in [0.2, 0.25) is 0 Å². The second-order valence-electron chi connectivity index (χ2n) is 4.20. The first kappa shape index (κ1) is 11.0. The molecule has 2 heterocycles. The van der Waals surface area contributed by atoms with E-state index in [4.69, 9.17) is 0 Å². The van der Waals surface area contributed by atoms with Crippen LogP contribution in [-0.4, -0.2) is 30.2 Å². The maximum Gasteiger partial charge on any atom is 0.111 e. The third-order valence-electron chi connectivity index (χ3n) is 3.58. The predicted octanol–water partition coefficient (Wildman–Crippen LogP) is -0.884. The zero-order valence-electron chi connectivity index (χ0n) is 8.14. The monoisotopic (exact) mass is 243 g/mol. The molecule has 2 rings (SSSR count). The normalized spacial score (nSPS) is 36.9. The number of halogens is 1. The van der Waals surface area contributed by atoms with Crippen LogP contribution in [0.1, 0.15) is 19.3 Å². The van der Waals surface area contributed by atoms with Gasteiger partial charge in [-0.15, -0.1) is 0 Å². The van der Waals surface area contributed by atoms with E-state index < -0.39 is 0 Å². The molecule has 1 nitrogen and oxygen atoms in total. The first-order valence-corrected chi connectivity index (χ1v) is 4.93. The molecule has 2 unspecified atom stereocenters. The van der Waals surface area contributed by atoms with E-state index in [1.54, 1.807) is 0 Å². The number of fused-ring (bicyclic) bond motifs is 1. The molecule has 2 aliphatic heterocycles. The molecular weight excluding hydrogens is 226 g/mol. The molecule has 0 radical (unpaired) electrons. The summed E-state index contributed by atoms with van der Waals surface area (Å²) in [7, 11) is 0. The first-order chi connectivity index (χ1) is 5.78. The van der Waals surface area contributed by atoms with Crippen LogP contribution >= 0.6 is 0 Å². The molecule has 74 valence electrons. The number of rotatable bonds is 2. The summed E-state index contributed by atoms with van der Waals surface area (Å²) in [6, 6.07) is 0.781. The van der Waals surface area contributed by atoms with Crippen LogP contribution in [0.3, 0.4) is 0 Å². The standard InChI is InChI=1S/C11H18N.BrH/c1-3-7-12-8-4-5-11(12)10(2)6-9-12;/h3,11H,1-2,4-9H2;1H/q+1;/p-1. The molecule has 0 spiro atoms. The van der Waals surface area contributed by atoms with E-state index in [9.17, 15) is 0 Å². The van der Waals surface area contributed by atoms with Gasteiger partial charge in [-0.1, -0.05) is 13.2 Å². The number of hydrogen-bond donors (Lipinski definition) is 0. The SMILES string of the molecule is C=CC[N+]12CCCC1C(=C)CC2.[Br-]. The highest BCUT2D eigenvalue weighted by Gasteiger charge is 2.46. The summed E-state index contributed by atoms with van der Waals surface area (Å²) >= 11 is 0. The van der Waals surface area contributed by atoms with E-state index in [0.29, 0.717) is 0 Å². The lowest BCUT2D eigenvalue weighted by Crippen LogP contribution is -3.00. The Bertz CT molecular complexity index is 224. The van der Waals surface area contributed by atoms with Crippen molar-refractivity contribution in [3.63, 3.8) is 0 Å². The topological polar surface area (TPSA) is 0 Å². The van der Waals surface area contributed by atoms with Crippen LogP contribution in [0.4, 0.5) is 0 Å². The molecule has 0 N–H and O–H groups in total. The van der Waals surface area contributed by atoms with Gasteiger partial charge in [0.1, 0.15) is 6.04 Å². The van der Waals surface area contributed by atoms with Gasteiger partial charge in [0.15, 0.2) is 0 Å². The maximum absolute atomic E-state index is 4.17. The van der Waals surface area contributed by atoms with Gasteiger partial charge in [-0.25, -0.2) is 0 Å². The summed E-state index contributed by atoms with van der Waals surface area (Å²) in [6.07, 6.45) is 6.08. The lowest BCUT2D eigenvalue weighted by atomic mass is 10.1. The zero-order chi connectivity index (χ0) is 8.60. The molecule has 2 fully saturated rings. The van der Waals surface area contributed by atoms with Crippen LogP contribution in [-0.2, 0) is 0 Å². The van der Waals surface area contributed by atoms with Crippen LogP contribution in [0, 0.1) is 0 Å². The Morgan fingerprint density at radius 3 is 2.92 bits per heavy atom. The number of nitrogens with zero attached hydrogens (tertiary/aromatic N) is 1. The van der Waals surface area contributed by atoms with Crippen molar-refractivity contribution in [2.45, 2.75) is 25.3 Å². The van der Waals surface area contributed by atoms with Crippen LogP contribution < -0.4 is 17.0 Å². The molecule has 2 heteroatoms. The molecule has 0 bridgehead atoms. The van der Waals surface area contributed by atoms with E-state index >= 15 is 0 Å². The van der Waals surface area contributed by atoms with Crippen molar-refractivity contribution >= 4 is 0 Å². The highest BCUT2D eigenvalue weighted by molar-refractivity contribution is 5.09. The average molecular weight is 244 g/mol. The van der Waals surface area contributed by atoms with Gasteiger partial charge in [-0.2, -0.15) is 0 Å². The fourth-order valence-electron chi connectivity index (χ4n) is 2.99. The maximum atomic E-state index is 4.17. The summed E-state index contributed by atoms with van der Waals surface area (Å²) in [5.74, 6) is 0. The van der Waals surface area contributed by atoms with Crippen molar-refractivity contribution in [2.24, 2.45) is 0 Å². The highest BCUT2D eigenvalue weighted by Crippen LogP contribution is 2.38. The van der Waals surface area contributed by atoms with Crippen LogP contribution in [0.2, 0.25) is 0 Å². The Balaban J connectivity index is 0.000000845. The molecule has 0 aromatic heterocycles. The molecule has 0 aromatic carbocycles. The molecular formula is C11H18BrN. The summed E-state index contributed by atoms with van der Waals surface area (Å²) < 4.78 is 1.28. The van der Waals surface area contributed by atoms with Gasteiger partial charge in [0.05, 0.1) is 19.6 Å². The Morgan fingerprint density at radius 2 is 2.23 bits per heavy atom. The highest BCUT2D eigenvalue weighted by atomic mass is 79.9. The van der Waals surface area contributed by atoms with Crippen molar-refractivity contribution in [3.8, 4) is 0 Å². The Hall–Kier alpha value is -0.0800. The molecule has 13 heavy (non-hydrogen) atoms. The lowest BCUT2D eigenvalue weighted by molar-refractivity contribution is -0.919. The summed E-state index contributed by atoms with van der Waals surface area (Å²) in [5, 5.41) is 0. The van der Waals surface area contributed by atoms with E-state index in [2.05, 4.69) is 19.2 Å². The Labute approximate surface area is 91.5 Å². The Kier molecular flexibility index (Phi) is 3.36. The summed E-state index contributed by atoms with van der Waals surface area (Å²) in [6.45, 7) is 11.9. The number of quaternary nitrogens is 1. The number of hydrogen-bond acceptors (Lipinski definition) is 0. The van der Waals surface area contributed by atoms with E-state index in [-0.39, 0.29) is 17.0 Å². The quantitative estimate of drug-likeness (QED) is 0.437. The van der Waals surface area contributed by atoms with E-state index in [1.807, 2.05) is 0 Å². The molecule has 0 amide bonds. The van der Waals surface area contributed by atoms with Crippen molar-refractivity contribution < 1.29 is 21.5 Å². The largest absolute Gasteiger partial charge is 1.00 e. The Morgan fingerprint density at radius 1 is 1.46 bits per heavy atom. The average Bonchev–Trinajstić information content (AvgIpc) is 2.55. The van der Waals surface area contributed by atoms with Gasteiger partial charge >= 0.3 is 0 Å². The minimum absolute atomic E-state index is 0.